The van der Waals surface area contributed by atoms with E-state index >= 15 is 0 Å². The molecule has 4 nitrogen and oxygen atoms in total. The highest BCUT2D eigenvalue weighted by Crippen LogP contribution is 2.66. The van der Waals surface area contributed by atoms with Gasteiger partial charge >= 0.3 is 5.97 Å². The van der Waals surface area contributed by atoms with E-state index in [1.165, 1.54) is 12.8 Å². The summed E-state index contributed by atoms with van der Waals surface area (Å²) in [5, 5.41) is 8.54. The van der Waals surface area contributed by atoms with Gasteiger partial charge < -0.3 is 14.6 Å². The molecule has 2 bridgehead atoms. The van der Waals surface area contributed by atoms with Gasteiger partial charge in [0.15, 0.2) is 6.79 Å². The molecule has 0 aromatic carbocycles. The highest BCUT2D eigenvalue weighted by Gasteiger charge is 2.61. The van der Waals surface area contributed by atoms with Gasteiger partial charge in [-0.05, 0) is 36.0 Å². The van der Waals surface area contributed by atoms with Gasteiger partial charge in [-0.1, -0.05) is 20.8 Å². The monoisotopic (exact) mass is 242 g/mol. The van der Waals surface area contributed by atoms with Gasteiger partial charge in [-0.15, -0.1) is 0 Å². The molecule has 0 spiro atoms. The Morgan fingerprint density at radius 2 is 2.12 bits per heavy atom. The molecule has 2 aliphatic carbocycles. The van der Waals surface area contributed by atoms with E-state index in [2.05, 4.69) is 20.8 Å². The molecule has 0 aromatic heterocycles. The highest BCUT2D eigenvalue weighted by atomic mass is 16.7. The Balaban J connectivity index is 1.90. The summed E-state index contributed by atoms with van der Waals surface area (Å²) in [6, 6.07) is 0. The van der Waals surface area contributed by atoms with E-state index in [0.717, 1.165) is 6.42 Å². The SMILES string of the molecule is CC1(C)C2CCC1(C)C(OCOC(=O)CO)C2. The molecule has 0 heterocycles. The fourth-order valence-corrected chi connectivity index (χ4v) is 3.61. The predicted molar refractivity (Wildman–Crippen MR) is 62.1 cm³/mol. The van der Waals surface area contributed by atoms with Crippen molar-refractivity contribution >= 4 is 5.97 Å². The van der Waals surface area contributed by atoms with Crippen LogP contribution in [0.3, 0.4) is 0 Å². The molecule has 2 aliphatic rings. The number of carbonyl (C=O) groups excluding carboxylic acids is 1. The maximum atomic E-state index is 10.8. The van der Waals surface area contributed by atoms with Gasteiger partial charge in [0.1, 0.15) is 6.61 Å². The Bertz CT molecular complexity index is 313. The van der Waals surface area contributed by atoms with Crippen LogP contribution in [-0.2, 0) is 14.3 Å². The lowest BCUT2D eigenvalue weighted by Gasteiger charge is -2.38. The standard InChI is InChI=1S/C13H22O4/c1-12(2)9-4-5-13(12,3)10(6-9)16-8-17-11(15)7-14/h9-10,14H,4-8H2,1-3H3. The van der Waals surface area contributed by atoms with E-state index in [9.17, 15) is 4.79 Å². The number of esters is 1. The normalized spacial score (nSPS) is 38.4. The van der Waals surface area contributed by atoms with E-state index < -0.39 is 12.6 Å². The number of ether oxygens (including phenoxy) is 2. The molecule has 2 rings (SSSR count). The Morgan fingerprint density at radius 1 is 1.41 bits per heavy atom. The van der Waals surface area contributed by atoms with E-state index in [4.69, 9.17) is 14.6 Å². The molecule has 3 unspecified atom stereocenters. The van der Waals surface area contributed by atoms with Crippen molar-refractivity contribution in [3.05, 3.63) is 0 Å². The van der Waals surface area contributed by atoms with Crippen LogP contribution in [-0.4, -0.2) is 30.6 Å². The lowest BCUT2D eigenvalue weighted by Crippen LogP contribution is -2.37. The molecule has 0 aliphatic heterocycles. The minimum Gasteiger partial charge on any atom is -0.437 e. The van der Waals surface area contributed by atoms with Crippen molar-refractivity contribution in [2.45, 2.75) is 46.1 Å². The molecule has 0 amide bonds. The van der Waals surface area contributed by atoms with E-state index in [1.54, 1.807) is 0 Å². The largest absolute Gasteiger partial charge is 0.437 e. The summed E-state index contributed by atoms with van der Waals surface area (Å²) in [6.45, 7) is 6.28. The number of hydrogen-bond acceptors (Lipinski definition) is 4. The molecule has 98 valence electrons. The fraction of sp³-hybridized carbons (Fsp3) is 0.923. The van der Waals surface area contributed by atoms with Crippen molar-refractivity contribution in [2.24, 2.45) is 16.7 Å². The number of fused-ring (bicyclic) bond motifs is 2. The molecule has 17 heavy (non-hydrogen) atoms. The summed E-state index contributed by atoms with van der Waals surface area (Å²) in [5.74, 6) is 0.0867. The van der Waals surface area contributed by atoms with Crippen LogP contribution < -0.4 is 0 Å². The number of aliphatic hydroxyl groups is 1. The second-order valence-electron chi connectivity index (χ2n) is 6.06. The zero-order valence-corrected chi connectivity index (χ0v) is 10.9. The summed E-state index contributed by atoms with van der Waals surface area (Å²) < 4.78 is 10.5. The summed E-state index contributed by atoms with van der Waals surface area (Å²) in [4.78, 5) is 10.8. The molecule has 0 radical (unpaired) electrons. The van der Waals surface area contributed by atoms with E-state index in [-0.39, 0.29) is 18.3 Å². The quantitative estimate of drug-likeness (QED) is 0.602. The first-order chi connectivity index (χ1) is 7.91. The zero-order chi connectivity index (χ0) is 12.7. The van der Waals surface area contributed by atoms with Crippen molar-refractivity contribution in [3.63, 3.8) is 0 Å². The first-order valence-electron chi connectivity index (χ1n) is 6.30. The van der Waals surface area contributed by atoms with Crippen LogP contribution in [0, 0.1) is 16.7 Å². The van der Waals surface area contributed by atoms with E-state index in [1.807, 2.05) is 0 Å². The van der Waals surface area contributed by atoms with Crippen LogP contribution in [0.4, 0.5) is 0 Å². The lowest BCUT2D eigenvalue weighted by atomic mass is 9.70. The topological polar surface area (TPSA) is 55.8 Å². The molecule has 2 fully saturated rings. The molecule has 1 N–H and O–H groups in total. The van der Waals surface area contributed by atoms with Crippen LogP contribution in [0.15, 0.2) is 0 Å². The minimum atomic E-state index is -0.627. The van der Waals surface area contributed by atoms with Gasteiger partial charge in [0.2, 0.25) is 0 Å². The van der Waals surface area contributed by atoms with Crippen molar-refractivity contribution in [3.8, 4) is 0 Å². The van der Waals surface area contributed by atoms with Crippen LogP contribution >= 0.6 is 0 Å². The second-order valence-corrected chi connectivity index (χ2v) is 6.06. The van der Waals surface area contributed by atoms with Gasteiger partial charge in [-0.25, -0.2) is 4.79 Å². The molecular formula is C13H22O4. The first-order valence-corrected chi connectivity index (χ1v) is 6.30. The van der Waals surface area contributed by atoms with Gasteiger partial charge in [0.05, 0.1) is 6.10 Å². The molecule has 2 saturated carbocycles. The van der Waals surface area contributed by atoms with Gasteiger partial charge in [-0.3, -0.25) is 0 Å². The Morgan fingerprint density at radius 3 is 2.59 bits per heavy atom. The number of aliphatic hydroxyl groups excluding tert-OH is 1. The molecule has 3 atom stereocenters. The molecule has 0 aromatic rings. The van der Waals surface area contributed by atoms with Gasteiger partial charge in [0, 0.05) is 0 Å². The number of rotatable bonds is 4. The summed E-state index contributed by atoms with van der Waals surface area (Å²) >= 11 is 0. The zero-order valence-electron chi connectivity index (χ0n) is 10.9. The van der Waals surface area contributed by atoms with Crippen molar-refractivity contribution in [2.75, 3.05) is 13.4 Å². The summed E-state index contributed by atoms with van der Waals surface area (Å²) in [6.07, 6.45) is 3.69. The molecule has 4 heteroatoms. The highest BCUT2D eigenvalue weighted by molar-refractivity contribution is 5.70. The third kappa shape index (κ3) is 1.87. The van der Waals surface area contributed by atoms with Crippen molar-refractivity contribution < 1.29 is 19.4 Å². The molecule has 0 saturated heterocycles. The fourth-order valence-electron chi connectivity index (χ4n) is 3.61. The maximum Gasteiger partial charge on any atom is 0.333 e. The number of hydrogen-bond donors (Lipinski definition) is 1. The third-order valence-corrected chi connectivity index (χ3v) is 5.33. The van der Waals surface area contributed by atoms with Crippen molar-refractivity contribution in [1.82, 2.24) is 0 Å². The Hall–Kier alpha value is -0.610. The number of carbonyl (C=O) groups is 1. The van der Waals surface area contributed by atoms with Gasteiger partial charge in [-0.2, -0.15) is 0 Å². The summed E-state index contributed by atoms with van der Waals surface area (Å²) in [5.41, 5.74) is 0.488. The Labute approximate surface area is 102 Å². The van der Waals surface area contributed by atoms with Gasteiger partial charge in [0.25, 0.3) is 0 Å². The molecular weight excluding hydrogens is 220 g/mol. The van der Waals surface area contributed by atoms with E-state index in [0.29, 0.717) is 11.3 Å². The first kappa shape index (κ1) is 12.8. The Kier molecular flexibility index (Phi) is 3.21. The lowest BCUT2D eigenvalue weighted by molar-refractivity contribution is -0.171. The van der Waals surface area contributed by atoms with Crippen LogP contribution in [0.2, 0.25) is 0 Å². The summed E-state index contributed by atoms with van der Waals surface area (Å²) in [7, 11) is 0. The van der Waals surface area contributed by atoms with Crippen LogP contribution in [0.1, 0.15) is 40.0 Å². The smallest absolute Gasteiger partial charge is 0.333 e. The van der Waals surface area contributed by atoms with Crippen molar-refractivity contribution in [1.29, 1.82) is 0 Å². The predicted octanol–water partition coefficient (Wildman–Crippen LogP) is 1.71. The minimum absolute atomic E-state index is 0.0392. The third-order valence-electron chi connectivity index (χ3n) is 5.33. The average molecular weight is 242 g/mol. The second kappa shape index (κ2) is 4.25. The van der Waals surface area contributed by atoms with Crippen LogP contribution in [0.5, 0.6) is 0 Å². The average Bonchev–Trinajstić information content (AvgIpc) is 2.61. The van der Waals surface area contributed by atoms with Crippen LogP contribution in [0.25, 0.3) is 0 Å². The maximum absolute atomic E-state index is 10.8.